The lowest BCUT2D eigenvalue weighted by atomic mass is 10.0. The zero-order chi connectivity index (χ0) is 25.8. The fourth-order valence-electron chi connectivity index (χ4n) is 5.20. The number of piperidine rings is 2. The first-order valence-electron chi connectivity index (χ1n) is 12.9. The van der Waals surface area contributed by atoms with E-state index in [1.165, 1.54) is 9.80 Å². The Labute approximate surface area is 223 Å². The molecule has 0 radical (unpaired) electrons. The molecular weight excluding hydrogens is 500 g/mol. The van der Waals surface area contributed by atoms with Crippen molar-refractivity contribution in [3.63, 3.8) is 0 Å². The Morgan fingerprint density at radius 1 is 0.838 bits per heavy atom. The third-order valence-electron chi connectivity index (χ3n) is 6.96. The van der Waals surface area contributed by atoms with Crippen LogP contribution in [0.1, 0.15) is 58.8 Å². The topological polar surface area (TPSA) is 111 Å². The minimum absolute atomic E-state index is 0. The normalized spacial score (nSPS) is 19.6. The van der Waals surface area contributed by atoms with Gasteiger partial charge in [-0.05, 0) is 38.8 Å². The SMILES string of the molecule is CC(C)Oc1ccc(O)cc1N1CCN(CCC(N2C(=O)CCCC2=O)N2C(=O)CCCC2=O)CC1.Cl. The first-order valence-corrected chi connectivity index (χ1v) is 12.9. The van der Waals surface area contributed by atoms with Crippen LogP contribution in [-0.2, 0) is 19.2 Å². The summed E-state index contributed by atoms with van der Waals surface area (Å²) in [6, 6.07) is 5.11. The molecule has 0 bridgehead atoms. The molecule has 10 nitrogen and oxygen atoms in total. The van der Waals surface area contributed by atoms with E-state index in [-0.39, 0.29) is 73.6 Å². The molecular formula is C26H37ClN4O6. The van der Waals surface area contributed by atoms with E-state index in [9.17, 15) is 24.3 Å². The molecule has 3 aliphatic heterocycles. The Balaban J connectivity index is 0.00000380. The molecule has 4 rings (SSSR count). The molecule has 1 N–H and O–H groups in total. The Kier molecular flexibility index (Phi) is 9.78. The summed E-state index contributed by atoms with van der Waals surface area (Å²) < 4.78 is 5.93. The summed E-state index contributed by atoms with van der Waals surface area (Å²) in [6.45, 7) is 7.29. The average molecular weight is 537 g/mol. The summed E-state index contributed by atoms with van der Waals surface area (Å²) in [5.74, 6) is -0.344. The minimum Gasteiger partial charge on any atom is -0.508 e. The second-order valence-corrected chi connectivity index (χ2v) is 9.94. The van der Waals surface area contributed by atoms with Crippen LogP contribution in [0.4, 0.5) is 5.69 Å². The van der Waals surface area contributed by atoms with Gasteiger partial charge in [0.2, 0.25) is 23.6 Å². The number of phenolic OH excluding ortho intramolecular Hbond substituents is 1. The Bertz CT molecular complexity index is 941. The van der Waals surface area contributed by atoms with Crippen LogP contribution in [0.3, 0.4) is 0 Å². The van der Waals surface area contributed by atoms with Gasteiger partial charge in [-0.25, -0.2) is 0 Å². The van der Waals surface area contributed by atoms with Gasteiger partial charge in [0, 0.05) is 70.9 Å². The molecule has 1 aromatic rings. The van der Waals surface area contributed by atoms with E-state index in [0.717, 1.165) is 11.4 Å². The van der Waals surface area contributed by atoms with Crippen molar-refractivity contribution in [3.05, 3.63) is 18.2 Å². The first kappa shape index (κ1) is 28.7. The van der Waals surface area contributed by atoms with Gasteiger partial charge in [-0.15, -0.1) is 12.4 Å². The lowest BCUT2D eigenvalue weighted by molar-refractivity contribution is -0.165. The number of phenols is 1. The highest BCUT2D eigenvalue weighted by atomic mass is 35.5. The number of piperazine rings is 1. The van der Waals surface area contributed by atoms with Crippen molar-refractivity contribution in [2.45, 2.75) is 71.1 Å². The van der Waals surface area contributed by atoms with Gasteiger partial charge < -0.3 is 14.7 Å². The number of amides is 4. The zero-order valence-corrected chi connectivity index (χ0v) is 22.4. The van der Waals surface area contributed by atoms with Crippen LogP contribution in [0.25, 0.3) is 0 Å². The van der Waals surface area contributed by atoms with E-state index < -0.39 is 6.17 Å². The van der Waals surface area contributed by atoms with E-state index in [2.05, 4.69) is 9.80 Å². The number of rotatable bonds is 8. The maximum Gasteiger partial charge on any atom is 0.230 e. The quantitative estimate of drug-likeness (QED) is 0.505. The van der Waals surface area contributed by atoms with Crippen molar-refractivity contribution in [3.8, 4) is 11.5 Å². The van der Waals surface area contributed by atoms with Gasteiger partial charge in [-0.1, -0.05) is 0 Å². The highest BCUT2D eigenvalue weighted by molar-refractivity contribution is 6.01. The number of imide groups is 2. The maximum absolute atomic E-state index is 12.7. The van der Waals surface area contributed by atoms with Crippen LogP contribution in [0.15, 0.2) is 18.2 Å². The summed E-state index contributed by atoms with van der Waals surface area (Å²) in [5, 5.41) is 10.0. The minimum atomic E-state index is -0.860. The number of hydrogen-bond acceptors (Lipinski definition) is 8. The second kappa shape index (κ2) is 12.6. The monoisotopic (exact) mass is 536 g/mol. The number of nitrogens with zero attached hydrogens (tertiary/aromatic N) is 4. The molecule has 0 aromatic heterocycles. The van der Waals surface area contributed by atoms with Gasteiger partial charge in [-0.2, -0.15) is 0 Å². The van der Waals surface area contributed by atoms with Crippen molar-refractivity contribution in [1.29, 1.82) is 0 Å². The average Bonchev–Trinajstić information content (AvgIpc) is 2.83. The molecule has 0 saturated carbocycles. The largest absolute Gasteiger partial charge is 0.508 e. The Morgan fingerprint density at radius 3 is 1.84 bits per heavy atom. The molecule has 4 amide bonds. The van der Waals surface area contributed by atoms with Crippen molar-refractivity contribution in [1.82, 2.24) is 14.7 Å². The number of aromatic hydroxyl groups is 1. The summed E-state index contributed by atoms with van der Waals surface area (Å²) in [6.07, 6.45) is 1.49. The smallest absolute Gasteiger partial charge is 0.230 e. The van der Waals surface area contributed by atoms with E-state index in [0.29, 0.717) is 52.0 Å². The van der Waals surface area contributed by atoms with Crippen molar-refractivity contribution < 1.29 is 29.0 Å². The van der Waals surface area contributed by atoms with E-state index in [1.54, 1.807) is 18.2 Å². The van der Waals surface area contributed by atoms with Crippen LogP contribution in [0, 0.1) is 0 Å². The molecule has 37 heavy (non-hydrogen) atoms. The van der Waals surface area contributed by atoms with E-state index in [4.69, 9.17) is 4.74 Å². The summed E-state index contributed by atoms with van der Waals surface area (Å²) in [4.78, 5) is 57.5. The van der Waals surface area contributed by atoms with Crippen LogP contribution in [-0.4, -0.2) is 88.4 Å². The predicted molar refractivity (Wildman–Crippen MR) is 140 cm³/mol. The van der Waals surface area contributed by atoms with Crippen LogP contribution in [0.5, 0.6) is 11.5 Å². The van der Waals surface area contributed by atoms with E-state index in [1.807, 2.05) is 13.8 Å². The predicted octanol–water partition coefficient (Wildman–Crippen LogP) is 2.52. The third kappa shape index (κ3) is 6.73. The zero-order valence-electron chi connectivity index (χ0n) is 21.6. The molecule has 0 spiro atoms. The summed E-state index contributed by atoms with van der Waals surface area (Å²) in [7, 11) is 0. The van der Waals surface area contributed by atoms with Crippen molar-refractivity contribution >= 4 is 41.7 Å². The van der Waals surface area contributed by atoms with Crippen LogP contribution >= 0.6 is 12.4 Å². The van der Waals surface area contributed by atoms with Gasteiger partial charge in [0.25, 0.3) is 0 Å². The molecule has 3 aliphatic rings. The number of anilines is 1. The van der Waals surface area contributed by atoms with Gasteiger partial charge in [0.05, 0.1) is 11.8 Å². The second-order valence-electron chi connectivity index (χ2n) is 9.94. The number of carbonyl (C=O) groups is 4. The molecule has 1 aromatic carbocycles. The van der Waals surface area contributed by atoms with Crippen molar-refractivity contribution in [2.75, 3.05) is 37.6 Å². The maximum atomic E-state index is 12.7. The number of halogens is 1. The fourth-order valence-corrected chi connectivity index (χ4v) is 5.20. The van der Waals surface area contributed by atoms with Crippen LogP contribution < -0.4 is 9.64 Å². The molecule has 0 aliphatic carbocycles. The number of ether oxygens (including phenoxy) is 1. The van der Waals surface area contributed by atoms with Crippen LogP contribution in [0.2, 0.25) is 0 Å². The Hall–Kier alpha value is -2.85. The van der Waals surface area contributed by atoms with Gasteiger partial charge >= 0.3 is 0 Å². The van der Waals surface area contributed by atoms with Gasteiger partial charge in [0.1, 0.15) is 17.7 Å². The summed E-state index contributed by atoms with van der Waals surface area (Å²) >= 11 is 0. The number of benzene rings is 1. The highest BCUT2D eigenvalue weighted by Gasteiger charge is 2.41. The molecule has 3 heterocycles. The molecule has 3 saturated heterocycles. The fraction of sp³-hybridized carbons (Fsp3) is 0.615. The number of likely N-dealkylation sites (tertiary alicyclic amines) is 2. The first-order chi connectivity index (χ1) is 17.2. The summed E-state index contributed by atoms with van der Waals surface area (Å²) in [5.41, 5.74) is 0.843. The lowest BCUT2D eigenvalue weighted by Crippen LogP contribution is -2.60. The molecule has 11 heteroatoms. The van der Waals surface area contributed by atoms with E-state index >= 15 is 0 Å². The Morgan fingerprint density at radius 2 is 1.35 bits per heavy atom. The van der Waals surface area contributed by atoms with Gasteiger partial charge in [0.15, 0.2) is 0 Å². The molecule has 3 fully saturated rings. The van der Waals surface area contributed by atoms with Crippen molar-refractivity contribution in [2.24, 2.45) is 0 Å². The standard InChI is InChI=1S/C26H36N4O6.ClH/c1-18(2)36-21-10-9-19(31)17-20(21)28-15-13-27(14-16-28)12-11-22(29-23(32)5-3-6-24(29)33)30-25(34)7-4-8-26(30)35;/h9-10,17-18,22,31H,3-8,11-16H2,1-2H3;1H. The molecule has 0 unspecified atom stereocenters. The third-order valence-corrected chi connectivity index (χ3v) is 6.96. The number of carbonyl (C=O) groups excluding carboxylic acids is 4. The molecule has 204 valence electrons. The van der Waals surface area contributed by atoms with Gasteiger partial charge in [-0.3, -0.25) is 33.9 Å². The highest BCUT2D eigenvalue weighted by Crippen LogP contribution is 2.33. The molecule has 0 atom stereocenters. The number of hydrogen-bond donors (Lipinski definition) is 1. The lowest BCUT2D eigenvalue weighted by Gasteiger charge is -2.42.